The topological polar surface area (TPSA) is 37.1 Å². The summed E-state index contributed by atoms with van der Waals surface area (Å²) < 4.78 is 0. The van der Waals surface area contributed by atoms with Crippen molar-refractivity contribution in [3.8, 4) is 0 Å². The predicted molar refractivity (Wildman–Crippen MR) is 49.0 cm³/mol. The van der Waals surface area contributed by atoms with Crippen LogP contribution in [-0.2, 0) is 0 Å². The summed E-state index contributed by atoms with van der Waals surface area (Å²) in [4.78, 5) is 3.88. The van der Waals surface area contributed by atoms with Gasteiger partial charge in [0, 0.05) is 5.41 Å². The standard InChI is InChI=1S/C7H13N3S/c1-6(2,3)7(11-4)8-5-9-10-7/h5H,1-4H3. The first kappa shape index (κ1) is 8.71. The van der Waals surface area contributed by atoms with Gasteiger partial charge in [-0.15, -0.1) is 22.0 Å². The summed E-state index contributed by atoms with van der Waals surface area (Å²) in [5.41, 5.74) is 0.0307. The molecule has 0 radical (unpaired) electrons. The van der Waals surface area contributed by atoms with Crippen LogP contribution >= 0.6 is 11.8 Å². The van der Waals surface area contributed by atoms with E-state index in [0.29, 0.717) is 0 Å². The van der Waals surface area contributed by atoms with E-state index >= 15 is 0 Å². The van der Waals surface area contributed by atoms with Gasteiger partial charge in [0.15, 0.2) is 0 Å². The molecule has 0 saturated heterocycles. The van der Waals surface area contributed by atoms with Gasteiger partial charge in [0.05, 0.1) is 0 Å². The molecule has 0 N–H and O–H groups in total. The SMILES string of the molecule is CSC1(C(C)(C)C)N=CN=N1. The Hall–Kier alpha value is -0.380. The molecule has 0 aromatic rings. The van der Waals surface area contributed by atoms with E-state index in [1.165, 1.54) is 6.34 Å². The Labute approximate surface area is 71.4 Å². The molecular weight excluding hydrogens is 158 g/mol. The number of rotatable bonds is 1. The van der Waals surface area contributed by atoms with Crippen LogP contribution in [0.3, 0.4) is 0 Å². The lowest BCUT2D eigenvalue weighted by atomic mass is 9.92. The Kier molecular flexibility index (Phi) is 2.05. The summed E-state index contributed by atoms with van der Waals surface area (Å²) in [5.74, 6) is 0. The van der Waals surface area contributed by atoms with E-state index in [2.05, 4.69) is 36.0 Å². The minimum Gasteiger partial charge on any atom is -0.229 e. The third-order valence-electron chi connectivity index (χ3n) is 1.74. The van der Waals surface area contributed by atoms with Gasteiger partial charge in [-0.1, -0.05) is 20.8 Å². The smallest absolute Gasteiger partial charge is 0.223 e. The molecular formula is C7H13N3S. The zero-order chi connectivity index (χ0) is 8.54. The van der Waals surface area contributed by atoms with E-state index in [1.807, 2.05) is 6.26 Å². The highest BCUT2D eigenvalue weighted by atomic mass is 32.2. The lowest BCUT2D eigenvalue weighted by molar-refractivity contribution is 0.298. The average molecular weight is 171 g/mol. The fraction of sp³-hybridized carbons (Fsp3) is 0.857. The largest absolute Gasteiger partial charge is 0.229 e. The van der Waals surface area contributed by atoms with Crippen LogP contribution < -0.4 is 0 Å². The molecule has 62 valence electrons. The highest BCUT2D eigenvalue weighted by molar-refractivity contribution is 8.00. The summed E-state index contributed by atoms with van der Waals surface area (Å²) in [7, 11) is 0. The lowest BCUT2D eigenvalue weighted by Gasteiger charge is -2.32. The molecule has 1 heterocycles. The summed E-state index contributed by atoms with van der Waals surface area (Å²) >= 11 is 1.63. The normalized spacial score (nSPS) is 29.8. The molecule has 0 aromatic carbocycles. The molecule has 0 aliphatic carbocycles. The molecule has 1 rings (SSSR count). The molecule has 0 bridgehead atoms. The van der Waals surface area contributed by atoms with E-state index in [-0.39, 0.29) is 10.4 Å². The summed E-state index contributed by atoms with van der Waals surface area (Å²) in [6.07, 6.45) is 3.54. The molecule has 0 spiro atoms. The van der Waals surface area contributed by atoms with Crippen LogP contribution in [0.2, 0.25) is 0 Å². The molecule has 0 saturated carbocycles. The Morgan fingerprint density at radius 1 is 1.36 bits per heavy atom. The van der Waals surface area contributed by atoms with Gasteiger partial charge in [0.25, 0.3) is 0 Å². The maximum Gasteiger partial charge on any atom is 0.223 e. The van der Waals surface area contributed by atoms with Gasteiger partial charge < -0.3 is 0 Å². The summed E-state index contributed by atoms with van der Waals surface area (Å²) in [6.45, 7) is 6.35. The molecule has 1 unspecified atom stereocenters. The second kappa shape index (κ2) is 2.59. The Morgan fingerprint density at radius 3 is 2.18 bits per heavy atom. The van der Waals surface area contributed by atoms with E-state index in [4.69, 9.17) is 0 Å². The molecule has 11 heavy (non-hydrogen) atoms. The molecule has 3 nitrogen and oxygen atoms in total. The van der Waals surface area contributed by atoms with Crippen molar-refractivity contribution in [2.75, 3.05) is 6.26 Å². The van der Waals surface area contributed by atoms with Gasteiger partial charge in [0.2, 0.25) is 4.99 Å². The number of azo groups is 1. The Bertz CT molecular complexity index is 190. The van der Waals surface area contributed by atoms with Crippen molar-refractivity contribution >= 4 is 18.1 Å². The monoisotopic (exact) mass is 171 g/mol. The fourth-order valence-corrected chi connectivity index (χ4v) is 1.87. The maximum atomic E-state index is 4.26. The van der Waals surface area contributed by atoms with Crippen molar-refractivity contribution in [3.05, 3.63) is 0 Å². The van der Waals surface area contributed by atoms with Crippen molar-refractivity contribution in [3.63, 3.8) is 0 Å². The number of hydrogen-bond donors (Lipinski definition) is 0. The van der Waals surface area contributed by atoms with Crippen LogP contribution in [-0.4, -0.2) is 17.6 Å². The molecule has 1 aliphatic heterocycles. The quantitative estimate of drug-likeness (QED) is 0.597. The third-order valence-corrected chi connectivity index (χ3v) is 3.11. The third kappa shape index (κ3) is 1.31. The molecule has 1 atom stereocenters. The van der Waals surface area contributed by atoms with Gasteiger partial charge >= 0.3 is 0 Å². The van der Waals surface area contributed by atoms with E-state index in [1.54, 1.807) is 11.8 Å². The second-order valence-electron chi connectivity index (χ2n) is 3.52. The van der Waals surface area contributed by atoms with Crippen LogP contribution in [0.4, 0.5) is 0 Å². The summed E-state index contributed by atoms with van der Waals surface area (Å²) in [5, 5.41) is 7.91. The van der Waals surface area contributed by atoms with Crippen molar-refractivity contribution in [1.29, 1.82) is 0 Å². The first-order valence-electron chi connectivity index (χ1n) is 3.53. The Balaban J connectivity index is 2.95. The van der Waals surface area contributed by atoms with Gasteiger partial charge in [-0.2, -0.15) is 0 Å². The first-order chi connectivity index (χ1) is 5.02. The van der Waals surface area contributed by atoms with Gasteiger partial charge in [-0.25, -0.2) is 4.99 Å². The molecule has 0 amide bonds. The number of hydrogen-bond acceptors (Lipinski definition) is 4. The van der Waals surface area contributed by atoms with Crippen LogP contribution in [0.15, 0.2) is 15.2 Å². The number of aliphatic imine (C=N–C) groups is 1. The van der Waals surface area contributed by atoms with Crippen molar-refractivity contribution in [2.24, 2.45) is 20.6 Å². The molecule has 1 aliphatic rings. The van der Waals surface area contributed by atoms with Gasteiger partial charge in [0.1, 0.15) is 6.34 Å². The number of nitrogens with zero attached hydrogens (tertiary/aromatic N) is 3. The Morgan fingerprint density at radius 2 is 2.00 bits per heavy atom. The molecule has 4 heteroatoms. The highest BCUT2D eigenvalue weighted by Gasteiger charge is 2.43. The maximum absolute atomic E-state index is 4.26. The fourth-order valence-electron chi connectivity index (χ4n) is 0.977. The van der Waals surface area contributed by atoms with Crippen LogP contribution in [0, 0.1) is 5.41 Å². The van der Waals surface area contributed by atoms with Crippen LogP contribution in [0.1, 0.15) is 20.8 Å². The highest BCUT2D eigenvalue weighted by Crippen LogP contribution is 2.44. The predicted octanol–water partition coefficient (Wildman–Crippen LogP) is 2.54. The second-order valence-corrected chi connectivity index (χ2v) is 4.50. The number of thioether (sulfide) groups is 1. The molecule has 0 aromatic heterocycles. The van der Waals surface area contributed by atoms with E-state index < -0.39 is 0 Å². The molecule has 0 fully saturated rings. The van der Waals surface area contributed by atoms with Crippen molar-refractivity contribution in [1.82, 2.24) is 0 Å². The van der Waals surface area contributed by atoms with Crippen molar-refractivity contribution < 1.29 is 0 Å². The zero-order valence-electron chi connectivity index (χ0n) is 7.33. The van der Waals surface area contributed by atoms with E-state index in [9.17, 15) is 0 Å². The van der Waals surface area contributed by atoms with E-state index in [0.717, 1.165) is 0 Å². The first-order valence-corrected chi connectivity index (χ1v) is 4.75. The minimum atomic E-state index is -0.382. The van der Waals surface area contributed by atoms with Gasteiger partial charge in [-0.05, 0) is 6.26 Å². The van der Waals surface area contributed by atoms with Crippen LogP contribution in [0.5, 0.6) is 0 Å². The van der Waals surface area contributed by atoms with Gasteiger partial charge in [-0.3, -0.25) is 0 Å². The minimum absolute atomic E-state index is 0.0307. The van der Waals surface area contributed by atoms with Crippen LogP contribution in [0.25, 0.3) is 0 Å². The van der Waals surface area contributed by atoms with Crippen molar-refractivity contribution in [2.45, 2.75) is 25.8 Å². The lowest BCUT2D eigenvalue weighted by Crippen LogP contribution is -2.33. The zero-order valence-corrected chi connectivity index (χ0v) is 8.14. The summed E-state index contributed by atoms with van der Waals surface area (Å²) in [6, 6.07) is 0. The average Bonchev–Trinajstić information content (AvgIpc) is 2.33.